The van der Waals surface area contributed by atoms with Gasteiger partial charge in [-0.2, -0.15) is 0 Å². The molecule has 2 aromatic carbocycles. The van der Waals surface area contributed by atoms with Gasteiger partial charge in [-0.25, -0.2) is 0 Å². The Morgan fingerprint density at radius 3 is 2.50 bits per heavy atom. The molecule has 0 unspecified atom stereocenters. The molecule has 1 amide bonds. The number of carbonyl (C=O) groups excluding carboxylic acids is 1. The monoisotopic (exact) mass is 332 g/mol. The molecule has 0 heterocycles. The topological polar surface area (TPSA) is 46.3 Å². The van der Waals surface area contributed by atoms with Gasteiger partial charge in [0.25, 0.3) is 5.91 Å². The van der Waals surface area contributed by atoms with Crippen LogP contribution in [0.15, 0.2) is 46.9 Å². The second-order valence-corrected chi connectivity index (χ2v) is 5.77. The van der Waals surface area contributed by atoms with Gasteiger partial charge < -0.3 is 10.6 Å². The van der Waals surface area contributed by atoms with Crippen molar-refractivity contribution in [2.75, 3.05) is 12.8 Å². The summed E-state index contributed by atoms with van der Waals surface area (Å²) in [5, 5.41) is 0. The van der Waals surface area contributed by atoms with Crippen LogP contribution in [0.1, 0.15) is 21.5 Å². The Labute approximate surface area is 127 Å². The van der Waals surface area contributed by atoms with Gasteiger partial charge >= 0.3 is 0 Å². The number of hydrogen-bond acceptors (Lipinski definition) is 2. The van der Waals surface area contributed by atoms with Gasteiger partial charge in [-0.1, -0.05) is 22.0 Å². The zero-order chi connectivity index (χ0) is 14.7. The predicted octanol–water partition coefficient (Wildman–Crippen LogP) is 3.61. The molecule has 2 N–H and O–H groups in total. The Hall–Kier alpha value is -1.81. The Kier molecular flexibility index (Phi) is 4.45. The van der Waals surface area contributed by atoms with Crippen molar-refractivity contribution in [3.63, 3.8) is 0 Å². The molecule has 0 aliphatic rings. The van der Waals surface area contributed by atoms with E-state index in [1.807, 2.05) is 25.1 Å². The van der Waals surface area contributed by atoms with Crippen LogP contribution in [0.3, 0.4) is 0 Å². The van der Waals surface area contributed by atoms with Crippen LogP contribution < -0.4 is 5.73 Å². The van der Waals surface area contributed by atoms with Crippen LogP contribution in [0, 0.1) is 6.92 Å². The van der Waals surface area contributed by atoms with Gasteiger partial charge in [-0.15, -0.1) is 0 Å². The Morgan fingerprint density at radius 2 is 1.85 bits per heavy atom. The number of nitrogen functional groups attached to an aromatic ring is 1. The van der Waals surface area contributed by atoms with Crippen molar-refractivity contribution < 1.29 is 4.79 Å². The molecular weight excluding hydrogens is 316 g/mol. The number of benzene rings is 2. The molecule has 0 aliphatic carbocycles. The number of nitrogens with zero attached hydrogens (tertiary/aromatic N) is 1. The number of carbonyl (C=O) groups is 1. The summed E-state index contributed by atoms with van der Waals surface area (Å²) in [4.78, 5) is 14.0. The van der Waals surface area contributed by atoms with Gasteiger partial charge in [0.05, 0.1) is 0 Å². The highest BCUT2D eigenvalue weighted by molar-refractivity contribution is 9.10. The van der Waals surface area contributed by atoms with Gasteiger partial charge in [0, 0.05) is 29.3 Å². The third-order valence-corrected chi connectivity index (χ3v) is 3.72. The van der Waals surface area contributed by atoms with Gasteiger partial charge in [0.1, 0.15) is 0 Å². The molecule has 0 atom stereocenters. The number of anilines is 1. The van der Waals surface area contributed by atoms with E-state index in [0.29, 0.717) is 17.8 Å². The molecule has 0 radical (unpaired) electrons. The van der Waals surface area contributed by atoms with Crippen LogP contribution in [0.5, 0.6) is 0 Å². The summed E-state index contributed by atoms with van der Waals surface area (Å²) in [6.45, 7) is 2.62. The highest BCUT2D eigenvalue weighted by atomic mass is 79.9. The summed E-state index contributed by atoms with van der Waals surface area (Å²) in [5.74, 6) is -0.00984. The third kappa shape index (κ3) is 3.39. The first kappa shape index (κ1) is 14.6. The Morgan fingerprint density at radius 1 is 1.20 bits per heavy atom. The second kappa shape index (κ2) is 6.09. The lowest BCUT2D eigenvalue weighted by Gasteiger charge is -2.19. The van der Waals surface area contributed by atoms with Crippen molar-refractivity contribution in [1.82, 2.24) is 4.90 Å². The number of nitrogens with two attached hydrogens (primary N) is 1. The van der Waals surface area contributed by atoms with E-state index in [0.717, 1.165) is 10.0 Å². The summed E-state index contributed by atoms with van der Waals surface area (Å²) >= 11 is 3.46. The van der Waals surface area contributed by atoms with Gasteiger partial charge in [0.15, 0.2) is 0 Å². The quantitative estimate of drug-likeness (QED) is 0.872. The molecule has 0 aromatic heterocycles. The third-order valence-electron chi connectivity index (χ3n) is 3.22. The van der Waals surface area contributed by atoms with Crippen LogP contribution in [-0.4, -0.2) is 17.9 Å². The first-order valence-corrected chi connectivity index (χ1v) is 7.12. The van der Waals surface area contributed by atoms with Crippen molar-refractivity contribution in [2.24, 2.45) is 0 Å². The Bertz CT molecular complexity index is 623. The number of amides is 1. The fraction of sp³-hybridized carbons (Fsp3) is 0.188. The van der Waals surface area contributed by atoms with Crippen LogP contribution >= 0.6 is 15.9 Å². The molecule has 104 valence electrons. The summed E-state index contributed by atoms with van der Waals surface area (Å²) in [7, 11) is 1.80. The number of hydrogen-bond donors (Lipinski definition) is 1. The van der Waals surface area contributed by atoms with E-state index >= 15 is 0 Å². The van der Waals surface area contributed by atoms with E-state index < -0.39 is 0 Å². The van der Waals surface area contributed by atoms with Crippen molar-refractivity contribution in [1.29, 1.82) is 0 Å². The molecule has 0 aliphatic heterocycles. The maximum absolute atomic E-state index is 12.3. The number of aryl methyl sites for hydroxylation is 1. The summed E-state index contributed by atoms with van der Waals surface area (Å²) in [6.07, 6.45) is 0. The van der Waals surface area contributed by atoms with Crippen molar-refractivity contribution in [2.45, 2.75) is 13.5 Å². The van der Waals surface area contributed by atoms with E-state index in [1.54, 1.807) is 36.2 Å². The van der Waals surface area contributed by atoms with Crippen LogP contribution in [0.25, 0.3) is 0 Å². The zero-order valence-electron chi connectivity index (χ0n) is 11.6. The maximum atomic E-state index is 12.3. The van der Waals surface area contributed by atoms with E-state index in [4.69, 9.17) is 5.73 Å². The second-order valence-electron chi connectivity index (χ2n) is 4.85. The molecule has 20 heavy (non-hydrogen) atoms. The molecule has 2 rings (SSSR count). The van der Waals surface area contributed by atoms with Crippen molar-refractivity contribution >= 4 is 27.5 Å². The SMILES string of the molecule is Cc1ccc(Br)cc1CN(C)C(=O)c1ccc(N)cc1. The standard InChI is InChI=1S/C16H17BrN2O/c1-11-3-6-14(17)9-13(11)10-19(2)16(20)12-4-7-15(18)8-5-12/h3-9H,10,18H2,1-2H3. The lowest BCUT2D eigenvalue weighted by atomic mass is 10.1. The molecular formula is C16H17BrN2O. The van der Waals surface area contributed by atoms with E-state index in [2.05, 4.69) is 15.9 Å². The Balaban J connectivity index is 2.15. The highest BCUT2D eigenvalue weighted by Crippen LogP contribution is 2.18. The molecule has 0 saturated carbocycles. The minimum Gasteiger partial charge on any atom is -0.399 e. The average Bonchev–Trinajstić information content (AvgIpc) is 2.43. The van der Waals surface area contributed by atoms with Crippen molar-refractivity contribution in [3.8, 4) is 0 Å². The number of rotatable bonds is 3. The van der Waals surface area contributed by atoms with Crippen LogP contribution in [0.2, 0.25) is 0 Å². The predicted molar refractivity (Wildman–Crippen MR) is 85.5 cm³/mol. The summed E-state index contributed by atoms with van der Waals surface area (Å²) < 4.78 is 1.02. The minimum atomic E-state index is -0.00984. The van der Waals surface area contributed by atoms with Crippen molar-refractivity contribution in [3.05, 3.63) is 63.6 Å². The normalized spacial score (nSPS) is 10.3. The molecule has 2 aromatic rings. The summed E-state index contributed by atoms with van der Waals surface area (Å²) in [6, 6.07) is 13.1. The number of halogens is 1. The maximum Gasteiger partial charge on any atom is 0.253 e. The highest BCUT2D eigenvalue weighted by Gasteiger charge is 2.13. The first-order chi connectivity index (χ1) is 9.47. The van der Waals surface area contributed by atoms with E-state index in [9.17, 15) is 4.79 Å². The largest absolute Gasteiger partial charge is 0.399 e. The van der Waals surface area contributed by atoms with Gasteiger partial charge in [-0.3, -0.25) is 4.79 Å². The zero-order valence-corrected chi connectivity index (χ0v) is 13.1. The average molecular weight is 333 g/mol. The fourth-order valence-corrected chi connectivity index (χ4v) is 2.39. The smallest absolute Gasteiger partial charge is 0.253 e. The van der Waals surface area contributed by atoms with E-state index in [-0.39, 0.29) is 5.91 Å². The fourth-order valence-electron chi connectivity index (χ4n) is 1.98. The molecule has 0 saturated heterocycles. The molecule has 4 heteroatoms. The van der Waals surface area contributed by atoms with Crippen LogP contribution in [0.4, 0.5) is 5.69 Å². The first-order valence-electron chi connectivity index (χ1n) is 6.33. The van der Waals surface area contributed by atoms with E-state index in [1.165, 1.54) is 5.56 Å². The molecule has 0 bridgehead atoms. The molecule has 0 spiro atoms. The van der Waals surface area contributed by atoms with Gasteiger partial charge in [0.2, 0.25) is 0 Å². The summed E-state index contributed by atoms with van der Waals surface area (Å²) in [5.41, 5.74) is 9.24. The molecule has 3 nitrogen and oxygen atoms in total. The minimum absolute atomic E-state index is 0.00984. The van der Waals surface area contributed by atoms with Crippen LogP contribution in [-0.2, 0) is 6.54 Å². The lowest BCUT2D eigenvalue weighted by Crippen LogP contribution is -2.26. The lowest BCUT2D eigenvalue weighted by molar-refractivity contribution is 0.0785. The van der Waals surface area contributed by atoms with Gasteiger partial charge in [-0.05, 0) is 54.4 Å². The molecule has 0 fully saturated rings.